The topological polar surface area (TPSA) is 92.5 Å². The molecular formula is C12H15ClN2O4. The number of benzene rings is 1. The van der Waals surface area contributed by atoms with Gasteiger partial charge < -0.3 is 10.4 Å². The van der Waals surface area contributed by atoms with Crippen LogP contribution in [0.1, 0.15) is 23.7 Å². The van der Waals surface area contributed by atoms with Gasteiger partial charge in [-0.3, -0.25) is 14.9 Å². The Morgan fingerprint density at radius 3 is 2.79 bits per heavy atom. The van der Waals surface area contributed by atoms with Gasteiger partial charge in [0.25, 0.3) is 11.6 Å². The fourth-order valence-corrected chi connectivity index (χ4v) is 1.75. The summed E-state index contributed by atoms with van der Waals surface area (Å²) in [6.07, 6.45) is 0.592. The number of rotatable bonds is 6. The van der Waals surface area contributed by atoms with Gasteiger partial charge in [-0.2, -0.15) is 0 Å². The smallest absolute Gasteiger partial charge is 0.270 e. The van der Waals surface area contributed by atoms with Gasteiger partial charge in [-0.15, -0.1) is 0 Å². The molecule has 1 rings (SSSR count). The third-order valence-corrected chi connectivity index (χ3v) is 2.95. The van der Waals surface area contributed by atoms with Crippen molar-refractivity contribution in [3.8, 4) is 0 Å². The zero-order chi connectivity index (χ0) is 14.4. The van der Waals surface area contributed by atoms with Gasteiger partial charge in [0.05, 0.1) is 15.5 Å². The normalized spacial score (nSPS) is 11.9. The second-order valence-corrected chi connectivity index (χ2v) is 4.66. The van der Waals surface area contributed by atoms with Crippen LogP contribution in [0.4, 0.5) is 5.69 Å². The Morgan fingerprint density at radius 2 is 2.26 bits per heavy atom. The Hall–Kier alpha value is -1.66. The summed E-state index contributed by atoms with van der Waals surface area (Å²) in [5.74, 6) is -0.240. The Kier molecular flexibility index (Phi) is 5.72. The summed E-state index contributed by atoms with van der Waals surface area (Å²) < 4.78 is 0. The monoisotopic (exact) mass is 286 g/mol. The predicted molar refractivity (Wildman–Crippen MR) is 71.3 cm³/mol. The quantitative estimate of drug-likeness (QED) is 0.618. The van der Waals surface area contributed by atoms with Crippen LogP contribution in [0.3, 0.4) is 0 Å². The first-order valence-corrected chi connectivity index (χ1v) is 6.16. The minimum Gasteiger partial charge on any atom is -0.396 e. The van der Waals surface area contributed by atoms with Crippen LogP contribution in [-0.4, -0.2) is 29.1 Å². The average molecular weight is 287 g/mol. The van der Waals surface area contributed by atoms with Crippen molar-refractivity contribution in [1.82, 2.24) is 5.32 Å². The van der Waals surface area contributed by atoms with E-state index in [-0.39, 0.29) is 34.7 Å². The molecule has 1 amide bonds. The van der Waals surface area contributed by atoms with Crippen molar-refractivity contribution in [3.05, 3.63) is 38.9 Å². The van der Waals surface area contributed by atoms with E-state index in [1.54, 1.807) is 0 Å². The van der Waals surface area contributed by atoms with Crippen LogP contribution in [-0.2, 0) is 0 Å². The summed E-state index contributed by atoms with van der Waals surface area (Å²) in [5, 5.41) is 22.0. The van der Waals surface area contributed by atoms with Crippen molar-refractivity contribution >= 4 is 23.2 Å². The Labute approximate surface area is 115 Å². The van der Waals surface area contributed by atoms with Crippen molar-refractivity contribution in [2.75, 3.05) is 13.2 Å². The molecule has 0 aromatic heterocycles. The van der Waals surface area contributed by atoms with E-state index in [0.29, 0.717) is 13.0 Å². The van der Waals surface area contributed by atoms with Gasteiger partial charge in [-0.25, -0.2) is 0 Å². The lowest BCUT2D eigenvalue weighted by atomic mass is 10.1. The van der Waals surface area contributed by atoms with Gasteiger partial charge in [0.2, 0.25) is 0 Å². The molecule has 0 fully saturated rings. The third-order valence-electron chi connectivity index (χ3n) is 2.64. The second kappa shape index (κ2) is 7.06. The third kappa shape index (κ3) is 4.50. The van der Waals surface area contributed by atoms with Crippen LogP contribution >= 0.6 is 11.6 Å². The summed E-state index contributed by atoms with van der Waals surface area (Å²) in [6, 6.07) is 3.71. The fraction of sp³-hybridized carbons (Fsp3) is 0.417. The first-order valence-electron chi connectivity index (χ1n) is 5.78. The van der Waals surface area contributed by atoms with Gasteiger partial charge in [0.15, 0.2) is 0 Å². The lowest BCUT2D eigenvalue weighted by Gasteiger charge is -2.11. The number of nitro benzene ring substituents is 1. The largest absolute Gasteiger partial charge is 0.396 e. The Bertz CT molecular complexity index is 479. The molecule has 19 heavy (non-hydrogen) atoms. The van der Waals surface area contributed by atoms with Crippen LogP contribution in [0, 0.1) is 16.0 Å². The highest BCUT2D eigenvalue weighted by Gasteiger charge is 2.15. The minimum absolute atomic E-state index is 0.0431. The number of aliphatic hydroxyl groups is 1. The van der Waals surface area contributed by atoms with E-state index in [0.717, 1.165) is 6.07 Å². The molecule has 104 valence electrons. The number of carbonyl (C=O) groups excluding carboxylic acids is 1. The van der Waals surface area contributed by atoms with Gasteiger partial charge in [0, 0.05) is 25.3 Å². The first kappa shape index (κ1) is 15.4. The maximum absolute atomic E-state index is 11.8. The number of aliphatic hydroxyl groups excluding tert-OH is 1. The van der Waals surface area contributed by atoms with Crippen LogP contribution in [0.2, 0.25) is 5.02 Å². The maximum atomic E-state index is 11.8. The van der Waals surface area contributed by atoms with Gasteiger partial charge in [-0.05, 0) is 18.4 Å². The van der Waals surface area contributed by atoms with E-state index in [9.17, 15) is 14.9 Å². The molecular weight excluding hydrogens is 272 g/mol. The van der Waals surface area contributed by atoms with Crippen molar-refractivity contribution in [3.63, 3.8) is 0 Å². The second-order valence-electron chi connectivity index (χ2n) is 4.25. The zero-order valence-electron chi connectivity index (χ0n) is 10.4. The highest BCUT2D eigenvalue weighted by molar-refractivity contribution is 6.34. The van der Waals surface area contributed by atoms with E-state index in [2.05, 4.69) is 5.32 Å². The zero-order valence-corrected chi connectivity index (χ0v) is 11.2. The number of nitrogens with zero attached hydrogens (tertiary/aromatic N) is 1. The molecule has 0 saturated carbocycles. The fourth-order valence-electron chi connectivity index (χ4n) is 1.49. The number of carbonyl (C=O) groups is 1. The number of non-ortho nitro benzene ring substituents is 1. The molecule has 2 N–H and O–H groups in total. The number of halogens is 1. The number of hydrogen-bond acceptors (Lipinski definition) is 4. The van der Waals surface area contributed by atoms with E-state index in [1.165, 1.54) is 12.1 Å². The Balaban J connectivity index is 2.70. The van der Waals surface area contributed by atoms with E-state index < -0.39 is 4.92 Å². The van der Waals surface area contributed by atoms with Gasteiger partial charge >= 0.3 is 0 Å². The van der Waals surface area contributed by atoms with E-state index >= 15 is 0 Å². The standard InChI is InChI=1S/C12H15ClN2O4/c1-8(4-5-16)7-14-12(17)10-3-2-9(15(18)19)6-11(10)13/h2-3,6,8,16H,4-5,7H2,1H3,(H,14,17). The summed E-state index contributed by atoms with van der Waals surface area (Å²) in [5.41, 5.74) is 0.0404. The molecule has 0 saturated heterocycles. The van der Waals surface area contributed by atoms with Crippen LogP contribution < -0.4 is 5.32 Å². The molecule has 1 unspecified atom stereocenters. The number of nitrogens with one attached hydrogen (secondary N) is 1. The van der Waals surface area contributed by atoms with Gasteiger partial charge in [-0.1, -0.05) is 18.5 Å². The van der Waals surface area contributed by atoms with Crippen molar-refractivity contribution in [1.29, 1.82) is 0 Å². The summed E-state index contributed by atoms with van der Waals surface area (Å²) in [7, 11) is 0. The molecule has 0 bridgehead atoms. The highest BCUT2D eigenvalue weighted by atomic mass is 35.5. The molecule has 1 aromatic rings. The lowest BCUT2D eigenvalue weighted by molar-refractivity contribution is -0.384. The average Bonchev–Trinajstić information content (AvgIpc) is 2.36. The molecule has 0 radical (unpaired) electrons. The molecule has 1 aromatic carbocycles. The summed E-state index contributed by atoms with van der Waals surface area (Å²) >= 11 is 5.84. The Morgan fingerprint density at radius 1 is 1.58 bits per heavy atom. The maximum Gasteiger partial charge on any atom is 0.270 e. The highest BCUT2D eigenvalue weighted by Crippen LogP contribution is 2.22. The predicted octanol–water partition coefficient (Wildman–Crippen LogP) is 2.00. The molecule has 0 aliphatic rings. The lowest BCUT2D eigenvalue weighted by Crippen LogP contribution is -2.28. The SMILES string of the molecule is CC(CCO)CNC(=O)c1ccc([N+](=O)[O-])cc1Cl. The van der Waals surface area contributed by atoms with E-state index in [4.69, 9.17) is 16.7 Å². The molecule has 0 spiro atoms. The number of nitro groups is 1. The number of hydrogen-bond donors (Lipinski definition) is 2. The molecule has 1 atom stereocenters. The molecule has 7 heteroatoms. The molecule has 6 nitrogen and oxygen atoms in total. The first-order chi connectivity index (χ1) is 8.95. The van der Waals surface area contributed by atoms with Crippen molar-refractivity contribution in [2.45, 2.75) is 13.3 Å². The van der Waals surface area contributed by atoms with Crippen LogP contribution in [0.15, 0.2) is 18.2 Å². The molecule has 0 aliphatic carbocycles. The van der Waals surface area contributed by atoms with Crippen molar-refractivity contribution < 1.29 is 14.8 Å². The summed E-state index contributed by atoms with van der Waals surface area (Å²) in [6.45, 7) is 2.37. The van der Waals surface area contributed by atoms with Crippen molar-refractivity contribution in [2.24, 2.45) is 5.92 Å². The molecule has 0 heterocycles. The molecule has 0 aliphatic heterocycles. The number of amides is 1. The van der Waals surface area contributed by atoms with Crippen LogP contribution in [0.25, 0.3) is 0 Å². The summed E-state index contributed by atoms with van der Waals surface area (Å²) in [4.78, 5) is 21.8. The van der Waals surface area contributed by atoms with Gasteiger partial charge in [0.1, 0.15) is 0 Å². The minimum atomic E-state index is -0.573. The van der Waals surface area contributed by atoms with Crippen LogP contribution in [0.5, 0.6) is 0 Å². The van der Waals surface area contributed by atoms with E-state index in [1.807, 2.05) is 6.92 Å².